The molecule has 19 heavy (non-hydrogen) atoms. The molecule has 1 aromatic heterocycles. The van der Waals surface area contributed by atoms with Crippen molar-refractivity contribution in [2.45, 2.75) is 18.6 Å². The van der Waals surface area contributed by atoms with Crippen LogP contribution in [0.25, 0.3) is 0 Å². The Morgan fingerprint density at radius 1 is 1.42 bits per heavy atom. The van der Waals surface area contributed by atoms with Gasteiger partial charge in [0, 0.05) is 19.4 Å². The summed E-state index contributed by atoms with van der Waals surface area (Å²) in [6.45, 7) is 0.768. The number of nitrogens with zero attached hydrogens (tertiary/aromatic N) is 2. The Balaban J connectivity index is 2.00. The number of imidazole rings is 1. The molecule has 4 nitrogen and oxygen atoms in total. The number of nitrogens with one attached hydrogen (secondary N) is 1. The molecule has 0 amide bonds. The molecule has 0 bridgehead atoms. The van der Waals surface area contributed by atoms with Gasteiger partial charge in [0.2, 0.25) is 0 Å². The molecule has 0 fully saturated rings. The van der Waals surface area contributed by atoms with E-state index in [2.05, 4.69) is 34.6 Å². The maximum Gasteiger partial charge on any atom is 0.128 e. The zero-order chi connectivity index (χ0) is 13.2. The minimum absolute atomic E-state index is 0.0241. The second-order valence-electron chi connectivity index (χ2n) is 4.90. The second kappa shape index (κ2) is 5.15. The number of fused-ring (bicyclic) bond motifs is 1. The van der Waals surface area contributed by atoms with E-state index in [0.717, 1.165) is 18.9 Å². The Labute approximate surface area is 113 Å². The van der Waals surface area contributed by atoms with Crippen LogP contribution in [-0.2, 0) is 18.2 Å². The predicted octanol–water partition coefficient (Wildman–Crippen LogP) is 1.99. The van der Waals surface area contributed by atoms with Crippen LogP contribution >= 0.6 is 0 Å². The van der Waals surface area contributed by atoms with Crippen molar-refractivity contribution in [3.63, 3.8) is 0 Å². The van der Waals surface area contributed by atoms with Crippen LogP contribution < -0.4 is 5.32 Å². The number of benzene rings is 1. The van der Waals surface area contributed by atoms with E-state index in [9.17, 15) is 0 Å². The van der Waals surface area contributed by atoms with Gasteiger partial charge in [-0.05, 0) is 24.6 Å². The number of aromatic nitrogens is 2. The number of likely N-dealkylation sites (N-methyl/N-ethyl adjacent to an activating group) is 1. The van der Waals surface area contributed by atoms with Gasteiger partial charge in [0.15, 0.2) is 0 Å². The highest BCUT2D eigenvalue weighted by Crippen LogP contribution is 2.35. The quantitative estimate of drug-likeness (QED) is 0.914. The van der Waals surface area contributed by atoms with Gasteiger partial charge in [0.05, 0.1) is 12.6 Å². The SMILES string of the molecule is CNC(c1nccn1C)C1OCCc2ccccc21. The molecule has 1 aliphatic heterocycles. The number of hydrogen-bond donors (Lipinski definition) is 1. The molecule has 2 unspecified atom stereocenters. The van der Waals surface area contributed by atoms with E-state index in [1.807, 2.05) is 31.1 Å². The average Bonchev–Trinajstić information content (AvgIpc) is 2.86. The lowest BCUT2D eigenvalue weighted by molar-refractivity contribution is 0.0139. The molecule has 1 aliphatic rings. The van der Waals surface area contributed by atoms with Gasteiger partial charge in [-0.1, -0.05) is 24.3 Å². The monoisotopic (exact) mass is 257 g/mol. The van der Waals surface area contributed by atoms with Gasteiger partial charge in [-0.2, -0.15) is 0 Å². The van der Waals surface area contributed by atoms with Gasteiger partial charge < -0.3 is 14.6 Å². The van der Waals surface area contributed by atoms with Crippen LogP contribution in [0.2, 0.25) is 0 Å². The summed E-state index contributed by atoms with van der Waals surface area (Å²) in [6.07, 6.45) is 4.81. The number of rotatable bonds is 3. The van der Waals surface area contributed by atoms with Crippen molar-refractivity contribution >= 4 is 0 Å². The van der Waals surface area contributed by atoms with E-state index < -0.39 is 0 Å². The fourth-order valence-electron chi connectivity index (χ4n) is 2.79. The van der Waals surface area contributed by atoms with Crippen LogP contribution in [0.3, 0.4) is 0 Å². The van der Waals surface area contributed by atoms with Crippen LogP contribution in [0.4, 0.5) is 0 Å². The van der Waals surface area contributed by atoms with Crippen molar-refractivity contribution in [3.05, 3.63) is 53.6 Å². The van der Waals surface area contributed by atoms with Crippen LogP contribution in [-0.4, -0.2) is 23.2 Å². The van der Waals surface area contributed by atoms with E-state index in [1.54, 1.807) is 0 Å². The number of hydrogen-bond acceptors (Lipinski definition) is 3. The van der Waals surface area contributed by atoms with Gasteiger partial charge in [-0.15, -0.1) is 0 Å². The van der Waals surface area contributed by atoms with E-state index in [1.165, 1.54) is 11.1 Å². The van der Waals surface area contributed by atoms with Gasteiger partial charge in [0.1, 0.15) is 11.9 Å². The van der Waals surface area contributed by atoms with Gasteiger partial charge >= 0.3 is 0 Å². The lowest BCUT2D eigenvalue weighted by Crippen LogP contribution is -2.31. The first-order valence-corrected chi connectivity index (χ1v) is 6.65. The summed E-state index contributed by atoms with van der Waals surface area (Å²) in [5, 5.41) is 3.35. The first-order chi connectivity index (χ1) is 9.31. The summed E-state index contributed by atoms with van der Waals surface area (Å²) >= 11 is 0. The highest BCUT2D eigenvalue weighted by atomic mass is 16.5. The van der Waals surface area contributed by atoms with Crippen molar-refractivity contribution in [1.82, 2.24) is 14.9 Å². The zero-order valence-electron chi connectivity index (χ0n) is 11.3. The van der Waals surface area contributed by atoms with Crippen molar-refractivity contribution in [2.24, 2.45) is 7.05 Å². The summed E-state index contributed by atoms with van der Waals surface area (Å²) in [6, 6.07) is 8.59. The normalized spacial score (nSPS) is 20.0. The zero-order valence-corrected chi connectivity index (χ0v) is 11.3. The molecule has 0 saturated heterocycles. The molecule has 0 radical (unpaired) electrons. The minimum Gasteiger partial charge on any atom is -0.371 e. The van der Waals surface area contributed by atoms with Crippen LogP contribution in [0.15, 0.2) is 36.7 Å². The molecule has 3 rings (SSSR count). The molecule has 1 aromatic carbocycles. The number of ether oxygens (including phenoxy) is 1. The lowest BCUT2D eigenvalue weighted by atomic mass is 9.93. The molecule has 2 atom stereocenters. The Kier molecular flexibility index (Phi) is 3.36. The van der Waals surface area contributed by atoms with Crippen LogP contribution in [0.1, 0.15) is 29.1 Å². The third-order valence-electron chi connectivity index (χ3n) is 3.78. The summed E-state index contributed by atoms with van der Waals surface area (Å²) in [7, 11) is 3.97. The van der Waals surface area contributed by atoms with Crippen LogP contribution in [0, 0.1) is 0 Å². The Hall–Kier alpha value is -1.65. The van der Waals surface area contributed by atoms with Gasteiger partial charge in [0.25, 0.3) is 0 Å². The Morgan fingerprint density at radius 2 is 2.26 bits per heavy atom. The highest BCUT2D eigenvalue weighted by molar-refractivity contribution is 5.32. The van der Waals surface area contributed by atoms with E-state index >= 15 is 0 Å². The topological polar surface area (TPSA) is 39.1 Å². The molecule has 4 heteroatoms. The average molecular weight is 257 g/mol. The number of aryl methyl sites for hydroxylation is 1. The van der Waals surface area contributed by atoms with Gasteiger partial charge in [-0.3, -0.25) is 0 Å². The minimum atomic E-state index is 0.0241. The predicted molar refractivity (Wildman–Crippen MR) is 73.8 cm³/mol. The summed E-state index contributed by atoms with van der Waals surface area (Å²) in [4.78, 5) is 4.46. The molecule has 2 heterocycles. The molecular weight excluding hydrogens is 238 g/mol. The molecular formula is C15H19N3O. The first kappa shape index (κ1) is 12.4. The largest absolute Gasteiger partial charge is 0.371 e. The van der Waals surface area contributed by atoms with Crippen molar-refractivity contribution in [2.75, 3.05) is 13.7 Å². The fourth-order valence-corrected chi connectivity index (χ4v) is 2.79. The molecule has 0 saturated carbocycles. The molecule has 1 N–H and O–H groups in total. The van der Waals surface area contributed by atoms with E-state index in [4.69, 9.17) is 4.74 Å². The smallest absolute Gasteiger partial charge is 0.128 e. The van der Waals surface area contributed by atoms with E-state index in [-0.39, 0.29) is 12.1 Å². The molecule has 0 spiro atoms. The summed E-state index contributed by atoms with van der Waals surface area (Å²) < 4.78 is 8.06. The van der Waals surface area contributed by atoms with Crippen molar-refractivity contribution in [3.8, 4) is 0 Å². The second-order valence-corrected chi connectivity index (χ2v) is 4.90. The third-order valence-corrected chi connectivity index (χ3v) is 3.78. The summed E-state index contributed by atoms with van der Waals surface area (Å²) in [5.41, 5.74) is 2.66. The molecule has 0 aliphatic carbocycles. The molecule has 100 valence electrons. The standard InChI is InChI=1S/C15H19N3O/c1-16-13(15-17-8-9-18(15)2)14-12-6-4-3-5-11(12)7-10-19-14/h3-6,8-9,13-14,16H,7,10H2,1-2H3. The Bertz CT molecular complexity index is 564. The maximum absolute atomic E-state index is 6.02. The third kappa shape index (κ3) is 2.17. The lowest BCUT2D eigenvalue weighted by Gasteiger charge is -2.32. The summed E-state index contributed by atoms with van der Waals surface area (Å²) in [5.74, 6) is 1.00. The molecule has 2 aromatic rings. The van der Waals surface area contributed by atoms with Gasteiger partial charge in [-0.25, -0.2) is 4.98 Å². The fraction of sp³-hybridized carbons (Fsp3) is 0.400. The van der Waals surface area contributed by atoms with Crippen molar-refractivity contribution < 1.29 is 4.74 Å². The Morgan fingerprint density at radius 3 is 3.00 bits per heavy atom. The first-order valence-electron chi connectivity index (χ1n) is 6.65. The maximum atomic E-state index is 6.02. The van der Waals surface area contributed by atoms with E-state index in [0.29, 0.717) is 0 Å². The van der Waals surface area contributed by atoms with Crippen LogP contribution in [0.5, 0.6) is 0 Å². The highest BCUT2D eigenvalue weighted by Gasteiger charge is 2.31. The van der Waals surface area contributed by atoms with Crippen molar-refractivity contribution in [1.29, 1.82) is 0 Å².